The van der Waals surface area contributed by atoms with Crippen molar-refractivity contribution >= 4 is 34.5 Å². The molecule has 1 heterocycles. The second-order valence-corrected chi connectivity index (χ2v) is 7.60. The lowest BCUT2D eigenvalue weighted by Crippen LogP contribution is -2.26. The highest BCUT2D eigenvalue weighted by Crippen LogP contribution is 2.37. The first-order valence-electron chi connectivity index (χ1n) is 10.2. The molecule has 0 spiro atoms. The Labute approximate surface area is 188 Å². The maximum Gasteiger partial charge on any atom is 0.271 e. The zero-order valence-corrected chi connectivity index (χ0v) is 17.3. The Morgan fingerprint density at radius 2 is 1.58 bits per heavy atom. The summed E-state index contributed by atoms with van der Waals surface area (Å²) >= 11 is 0. The second kappa shape index (κ2) is 8.27. The predicted octanol–water partition coefficient (Wildman–Crippen LogP) is 5.04. The van der Waals surface area contributed by atoms with Crippen LogP contribution in [0.15, 0.2) is 84.0 Å². The van der Waals surface area contributed by atoms with Crippen LogP contribution in [0.3, 0.4) is 0 Å². The zero-order valence-electron chi connectivity index (χ0n) is 17.3. The number of hydrazone groups is 1. The molecule has 0 bridgehead atoms. The van der Waals surface area contributed by atoms with Gasteiger partial charge < -0.3 is 4.90 Å². The van der Waals surface area contributed by atoms with E-state index in [1.54, 1.807) is 29.2 Å². The van der Waals surface area contributed by atoms with Gasteiger partial charge in [0.05, 0.1) is 24.0 Å². The average Bonchev–Trinajstić information content (AvgIpc) is 3.09. The van der Waals surface area contributed by atoms with E-state index in [-0.39, 0.29) is 11.5 Å². The Morgan fingerprint density at radius 1 is 0.909 bits per heavy atom. The van der Waals surface area contributed by atoms with Crippen LogP contribution in [0.2, 0.25) is 0 Å². The molecule has 5 rings (SSSR count). The Bertz CT molecular complexity index is 1410. The number of amides is 2. The number of anilines is 1. The third-order valence-electron chi connectivity index (χ3n) is 5.57. The number of rotatable bonds is 5. The molecule has 0 radical (unpaired) electrons. The number of nitrogens with zero attached hydrogens (tertiary/aromatic N) is 2. The summed E-state index contributed by atoms with van der Waals surface area (Å²) in [5.41, 5.74) is 4.65. The summed E-state index contributed by atoms with van der Waals surface area (Å²) in [6.07, 6.45) is 0.925. The summed E-state index contributed by atoms with van der Waals surface area (Å²) < 4.78 is 27.2. The third kappa shape index (κ3) is 3.74. The van der Waals surface area contributed by atoms with Crippen LogP contribution < -0.4 is 10.3 Å². The van der Waals surface area contributed by atoms with Gasteiger partial charge in [-0.1, -0.05) is 42.5 Å². The summed E-state index contributed by atoms with van der Waals surface area (Å²) in [7, 11) is 0. The summed E-state index contributed by atoms with van der Waals surface area (Å²) in [6.45, 7) is 0.360. The molecule has 7 heteroatoms. The van der Waals surface area contributed by atoms with Crippen molar-refractivity contribution in [2.45, 2.75) is 6.54 Å². The molecule has 4 aromatic rings. The fourth-order valence-corrected chi connectivity index (χ4v) is 3.93. The molecule has 2 amide bonds. The highest BCUT2D eigenvalue weighted by atomic mass is 19.1. The van der Waals surface area contributed by atoms with Gasteiger partial charge in [0.15, 0.2) is 0 Å². The molecule has 1 N–H and O–H groups in total. The third-order valence-corrected chi connectivity index (χ3v) is 5.57. The van der Waals surface area contributed by atoms with Crippen LogP contribution in [0.5, 0.6) is 0 Å². The van der Waals surface area contributed by atoms with Crippen molar-refractivity contribution in [2.75, 3.05) is 4.90 Å². The number of hydrogen-bond acceptors (Lipinski definition) is 3. The fraction of sp³-hybridized carbons (Fsp3) is 0.0385. The maximum atomic E-state index is 13.6. The van der Waals surface area contributed by atoms with E-state index in [0.29, 0.717) is 17.7 Å². The van der Waals surface area contributed by atoms with Crippen molar-refractivity contribution in [1.29, 1.82) is 0 Å². The highest BCUT2D eigenvalue weighted by molar-refractivity contribution is 6.24. The molecule has 0 unspecified atom stereocenters. The molecule has 0 aromatic heterocycles. The summed E-state index contributed by atoms with van der Waals surface area (Å²) in [5.74, 6) is -2.12. The quantitative estimate of drug-likeness (QED) is 0.348. The first-order chi connectivity index (χ1) is 16.0. The van der Waals surface area contributed by atoms with E-state index in [1.807, 2.05) is 36.4 Å². The van der Waals surface area contributed by atoms with E-state index in [2.05, 4.69) is 10.5 Å². The minimum atomic E-state index is -0.772. The number of hydrogen-bond donors (Lipinski definition) is 1. The summed E-state index contributed by atoms with van der Waals surface area (Å²) in [4.78, 5) is 27.0. The lowest BCUT2D eigenvalue weighted by Gasteiger charge is -2.18. The lowest BCUT2D eigenvalue weighted by atomic mass is 10.1. The van der Waals surface area contributed by atoms with Crippen molar-refractivity contribution in [3.63, 3.8) is 0 Å². The van der Waals surface area contributed by atoms with Crippen LogP contribution in [0.4, 0.5) is 14.5 Å². The Hall–Kier alpha value is -4.39. The SMILES string of the molecule is O=C(N/N=C\c1c(F)cccc1F)c1ccc(CN2C(=O)c3cccc4cccc2c34)cc1. The number of nitrogens with one attached hydrogen (secondary N) is 1. The standard InChI is InChI=1S/C26H17F2N3O2/c27-21-7-3-8-22(28)20(21)14-29-30-25(32)18-12-10-16(11-13-18)15-31-23-9-2-5-17-4-1-6-19(24(17)23)26(31)33/h1-14H,15H2,(H,30,32)/b29-14-. The van der Waals surface area contributed by atoms with Crippen LogP contribution in [0, 0.1) is 11.6 Å². The van der Waals surface area contributed by atoms with Crippen LogP contribution in [-0.4, -0.2) is 18.0 Å². The van der Waals surface area contributed by atoms with E-state index in [9.17, 15) is 18.4 Å². The smallest absolute Gasteiger partial charge is 0.271 e. The van der Waals surface area contributed by atoms with Gasteiger partial charge in [-0.3, -0.25) is 9.59 Å². The van der Waals surface area contributed by atoms with Gasteiger partial charge in [-0.15, -0.1) is 0 Å². The molecule has 0 saturated heterocycles. The zero-order chi connectivity index (χ0) is 22.9. The van der Waals surface area contributed by atoms with Crippen molar-refractivity contribution in [3.8, 4) is 0 Å². The van der Waals surface area contributed by atoms with Crippen LogP contribution in [0.1, 0.15) is 31.8 Å². The molecule has 33 heavy (non-hydrogen) atoms. The van der Waals surface area contributed by atoms with Crippen LogP contribution in [0.25, 0.3) is 10.8 Å². The van der Waals surface area contributed by atoms with E-state index in [0.717, 1.165) is 40.4 Å². The van der Waals surface area contributed by atoms with Gasteiger partial charge in [-0.2, -0.15) is 5.10 Å². The minimum Gasteiger partial charge on any atom is -0.303 e. The normalized spacial score (nSPS) is 12.7. The largest absolute Gasteiger partial charge is 0.303 e. The Balaban J connectivity index is 1.29. The van der Waals surface area contributed by atoms with E-state index >= 15 is 0 Å². The van der Waals surface area contributed by atoms with Crippen molar-refractivity contribution in [2.24, 2.45) is 5.10 Å². The molecule has 162 valence electrons. The molecule has 5 nitrogen and oxygen atoms in total. The minimum absolute atomic E-state index is 0.0571. The maximum absolute atomic E-state index is 13.6. The molecule has 0 saturated carbocycles. The molecule has 1 aliphatic rings. The monoisotopic (exact) mass is 441 g/mol. The topological polar surface area (TPSA) is 61.8 Å². The lowest BCUT2D eigenvalue weighted by molar-refractivity contribution is 0.0953. The van der Waals surface area contributed by atoms with Crippen LogP contribution in [-0.2, 0) is 6.54 Å². The van der Waals surface area contributed by atoms with Crippen molar-refractivity contribution in [1.82, 2.24) is 5.43 Å². The molecule has 0 fully saturated rings. The summed E-state index contributed by atoms with van der Waals surface area (Å²) in [6, 6.07) is 21.7. The number of benzene rings is 4. The first kappa shape index (κ1) is 20.5. The molecular formula is C26H17F2N3O2. The Morgan fingerprint density at radius 3 is 2.30 bits per heavy atom. The molecule has 4 aromatic carbocycles. The van der Waals surface area contributed by atoms with Gasteiger partial charge in [0.25, 0.3) is 11.8 Å². The number of carbonyl (C=O) groups excluding carboxylic acids is 2. The van der Waals surface area contributed by atoms with Gasteiger partial charge >= 0.3 is 0 Å². The molecule has 0 aliphatic carbocycles. The van der Waals surface area contributed by atoms with E-state index in [1.165, 1.54) is 6.07 Å². The number of halogens is 2. The Kier molecular flexibility index (Phi) is 5.14. The van der Waals surface area contributed by atoms with Crippen molar-refractivity contribution < 1.29 is 18.4 Å². The van der Waals surface area contributed by atoms with Gasteiger partial charge in [0, 0.05) is 16.5 Å². The molecule has 0 atom stereocenters. The number of carbonyl (C=O) groups is 2. The molecule has 1 aliphatic heterocycles. The van der Waals surface area contributed by atoms with Gasteiger partial charge in [-0.05, 0) is 47.3 Å². The fourth-order valence-electron chi connectivity index (χ4n) is 3.93. The van der Waals surface area contributed by atoms with Crippen molar-refractivity contribution in [3.05, 3.63) is 113 Å². The highest BCUT2D eigenvalue weighted by Gasteiger charge is 2.29. The average molecular weight is 441 g/mol. The van der Waals surface area contributed by atoms with Gasteiger partial charge in [-0.25, -0.2) is 14.2 Å². The predicted molar refractivity (Wildman–Crippen MR) is 122 cm³/mol. The van der Waals surface area contributed by atoms with E-state index < -0.39 is 17.5 Å². The second-order valence-electron chi connectivity index (χ2n) is 7.60. The van der Waals surface area contributed by atoms with Gasteiger partial charge in [0.2, 0.25) is 0 Å². The van der Waals surface area contributed by atoms with Gasteiger partial charge in [0.1, 0.15) is 11.6 Å². The van der Waals surface area contributed by atoms with E-state index in [4.69, 9.17) is 0 Å². The molecular weight excluding hydrogens is 424 g/mol. The van der Waals surface area contributed by atoms with Crippen LogP contribution >= 0.6 is 0 Å². The first-order valence-corrected chi connectivity index (χ1v) is 10.2. The summed E-state index contributed by atoms with van der Waals surface area (Å²) in [5, 5.41) is 5.61.